The standard InChI is InChI=1S/C17H25N3O3/c1-3-20(4-2)17(22)14-7-5-13(6-8-14)11-19-16(21)15-12-23-10-9-18-15/h5-8,15,18H,3-4,9-12H2,1-2H3,(H,19,21). The van der Waals surface area contributed by atoms with Gasteiger partial charge in [-0.15, -0.1) is 0 Å². The van der Waals surface area contributed by atoms with Crippen LogP contribution in [0.1, 0.15) is 29.8 Å². The number of nitrogens with one attached hydrogen (secondary N) is 2. The molecule has 6 heteroatoms. The van der Waals surface area contributed by atoms with Crippen LogP contribution in [0.2, 0.25) is 0 Å². The van der Waals surface area contributed by atoms with Gasteiger partial charge in [0.1, 0.15) is 6.04 Å². The third-order valence-corrected chi connectivity index (χ3v) is 3.96. The molecule has 0 aliphatic carbocycles. The van der Waals surface area contributed by atoms with Gasteiger partial charge >= 0.3 is 0 Å². The summed E-state index contributed by atoms with van der Waals surface area (Å²) in [5.74, 6) is -0.0258. The molecule has 0 radical (unpaired) electrons. The largest absolute Gasteiger partial charge is 0.378 e. The lowest BCUT2D eigenvalue weighted by atomic mass is 10.1. The number of carbonyl (C=O) groups excluding carboxylic acids is 2. The molecule has 0 spiro atoms. The van der Waals surface area contributed by atoms with Crippen molar-refractivity contribution in [3.63, 3.8) is 0 Å². The number of carbonyl (C=O) groups is 2. The molecule has 126 valence electrons. The van der Waals surface area contributed by atoms with Gasteiger partial charge in [-0.05, 0) is 31.5 Å². The number of nitrogens with zero attached hydrogens (tertiary/aromatic N) is 1. The highest BCUT2D eigenvalue weighted by Crippen LogP contribution is 2.08. The Morgan fingerprint density at radius 2 is 1.96 bits per heavy atom. The molecule has 1 fully saturated rings. The molecule has 1 aromatic rings. The normalized spacial score (nSPS) is 17.6. The van der Waals surface area contributed by atoms with Crippen molar-refractivity contribution in [2.45, 2.75) is 26.4 Å². The molecule has 6 nitrogen and oxygen atoms in total. The van der Waals surface area contributed by atoms with E-state index in [2.05, 4.69) is 10.6 Å². The maximum atomic E-state index is 12.2. The van der Waals surface area contributed by atoms with Crippen LogP contribution >= 0.6 is 0 Å². The van der Waals surface area contributed by atoms with Crippen LogP contribution in [0.4, 0.5) is 0 Å². The van der Waals surface area contributed by atoms with Gasteiger partial charge in [0.2, 0.25) is 5.91 Å². The van der Waals surface area contributed by atoms with Crippen LogP contribution in [-0.2, 0) is 16.1 Å². The summed E-state index contributed by atoms with van der Waals surface area (Å²) in [6, 6.07) is 7.09. The molecule has 0 aromatic heterocycles. The van der Waals surface area contributed by atoms with E-state index in [1.54, 1.807) is 4.90 Å². The molecule has 23 heavy (non-hydrogen) atoms. The first-order valence-corrected chi connectivity index (χ1v) is 8.12. The van der Waals surface area contributed by atoms with E-state index >= 15 is 0 Å². The molecule has 1 aromatic carbocycles. The highest BCUT2D eigenvalue weighted by molar-refractivity contribution is 5.94. The predicted molar refractivity (Wildman–Crippen MR) is 88.1 cm³/mol. The first-order valence-electron chi connectivity index (χ1n) is 8.12. The Labute approximate surface area is 137 Å². The summed E-state index contributed by atoms with van der Waals surface area (Å²) in [5, 5.41) is 6.00. The molecule has 2 rings (SSSR count). The maximum Gasteiger partial charge on any atom is 0.253 e. The highest BCUT2D eigenvalue weighted by atomic mass is 16.5. The van der Waals surface area contributed by atoms with E-state index in [0.717, 1.165) is 5.56 Å². The van der Waals surface area contributed by atoms with Crippen molar-refractivity contribution in [1.29, 1.82) is 0 Å². The van der Waals surface area contributed by atoms with Crippen molar-refractivity contribution in [3.8, 4) is 0 Å². The molecule has 1 unspecified atom stereocenters. The van der Waals surface area contributed by atoms with Crippen molar-refractivity contribution >= 4 is 11.8 Å². The van der Waals surface area contributed by atoms with Crippen molar-refractivity contribution in [2.24, 2.45) is 0 Å². The monoisotopic (exact) mass is 319 g/mol. The summed E-state index contributed by atoms with van der Waals surface area (Å²) in [5.41, 5.74) is 1.64. The number of benzene rings is 1. The third kappa shape index (κ3) is 4.77. The third-order valence-electron chi connectivity index (χ3n) is 3.96. The minimum absolute atomic E-state index is 0.0362. The van der Waals surface area contributed by atoms with E-state index in [0.29, 0.717) is 45.0 Å². The Bertz CT molecular complexity index is 520. The lowest BCUT2D eigenvalue weighted by Gasteiger charge is -2.23. The van der Waals surface area contributed by atoms with Crippen LogP contribution in [-0.4, -0.2) is 55.6 Å². The summed E-state index contributed by atoms with van der Waals surface area (Å²) in [4.78, 5) is 26.0. The van der Waals surface area contributed by atoms with Crippen molar-refractivity contribution in [1.82, 2.24) is 15.5 Å². The summed E-state index contributed by atoms with van der Waals surface area (Å²) in [6.45, 7) is 7.52. The van der Waals surface area contributed by atoms with Crippen LogP contribution in [0.5, 0.6) is 0 Å². The van der Waals surface area contributed by atoms with Gasteiger partial charge in [-0.25, -0.2) is 0 Å². The number of ether oxygens (including phenoxy) is 1. The fourth-order valence-corrected chi connectivity index (χ4v) is 2.50. The SMILES string of the molecule is CCN(CC)C(=O)c1ccc(CNC(=O)C2COCCN2)cc1. The molecule has 1 saturated heterocycles. The van der Waals surface area contributed by atoms with E-state index in [-0.39, 0.29) is 17.9 Å². The first kappa shape index (κ1) is 17.4. The van der Waals surface area contributed by atoms with Crippen LogP contribution in [0.25, 0.3) is 0 Å². The van der Waals surface area contributed by atoms with E-state index in [1.807, 2.05) is 38.1 Å². The molecule has 1 atom stereocenters. The van der Waals surface area contributed by atoms with E-state index in [1.165, 1.54) is 0 Å². The Balaban J connectivity index is 1.87. The topological polar surface area (TPSA) is 70.7 Å². The zero-order chi connectivity index (χ0) is 16.7. The Hall–Kier alpha value is -1.92. The van der Waals surface area contributed by atoms with E-state index < -0.39 is 0 Å². The maximum absolute atomic E-state index is 12.2. The lowest BCUT2D eigenvalue weighted by molar-refractivity contribution is -0.126. The summed E-state index contributed by atoms with van der Waals surface area (Å²) < 4.78 is 5.28. The number of hydrogen-bond acceptors (Lipinski definition) is 4. The summed E-state index contributed by atoms with van der Waals surface area (Å²) in [7, 11) is 0. The number of rotatable bonds is 6. The minimum Gasteiger partial charge on any atom is -0.378 e. The second-order valence-corrected chi connectivity index (χ2v) is 5.47. The molecular weight excluding hydrogens is 294 g/mol. The van der Waals surface area contributed by atoms with E-state index in [4.69, 9.17) is 4.74 Å². The minimum atomic E-state index is -0.285. The van der Waals surface area contributed by atoms with Gasteiger partial charge in [-0.1, -0.05) is 12.1 Å². The molecule has 1 aliphatic heterocycles. The Kier molecular flexibility index (Phi) is 6.55. The molecule has 1 heterocycles. The molecular formula is C17H25N3O3. The number of amides is 2. The average molecular weight is 319 g/mol. The van der Waals surface area contributed by atoms with Crippen LogP contribution in [0.3, 0.4) is 0 Å². The van der Waals surface area contributed by atoms with Crippen molar-refractivity contribution in [2.75, 3.05) is 32.8 Å². The Morgan fingerprint density at radius 1 is 1.26 bits per heavy atom. The number of morpholine rings is 1. The zero-order valence-electron chi connectivity index (χ0n) is 13.8. The van der Waals surface area contributed by atoms with Gasteiger partial charge in [-0.3, -0.25) is 9.59 Å². The fourth-order valence-electron chi connectivity index (χ4n) is 2.50. The number of hydrogen-bond donors (Lipinski definition) is 2. The molecule has 1 aliphatic rings. The average Bonchev–Trinajstić information content (AvgIpc) is 2.61. The fraction of sp³-hybridized carbons (Fsp3) is 0.529. The first-order chi connectivity index (χ1) is 11.2. The van der Waals surface area contributed by atoms with Crippen LogP contribution in [0, 0.1) is 0 Å². The molecule has 0 saturated carbocycles. The summed E-state index contributed by atoms with van der Waals surface area (Å²) in [6.07, 6.45) is 0. The van der Waals surface area contributed by atoms with Gasteiger partial charge in [-0.2, -0.15) is 0 Å². The van der Waals surface area contributed by atoms with Gasteiger partial charge in [0.15, 0.2) is 0 Å². The van der Waals surface area contributed by atoms with Crippen LogP contribution in [0.15, 0.2) is 24.3 Å². The van der Waals surface area contributed by atoms with Gasteiger partial charge in [0.25, 0.3) is 5.91 Å². The van der Waals surface area contributed by atoms with Gasteiger partial charge in [0, 0.05) is 31.7 Å². The predicted octanol–water partition coefficient (Wildman–Crippen LogP) is 0.773. The zero-order valence-corrected chi connectivity index (χ0v) is 13.8. The highest BCUT2D eigenvalue weighted by Gasteiger charge is 2.20. The Morgan fingerprint density at radius 3 is 2.52 bits per heavy atom. The van der Waals surface area contributed by atoms with Crippen molar-refractivity contribution < 1.29 is 14.3 Å². The molecule has 2 amide bonds. The molecule has 0 bridgehead atoms. The van der Waals surface area contributed by atoms with Gasteiger partial charge < -0.3 is 20.3 Å². The molecule has 2 N–H and O–H groups in total. The van der Waals surface area contributed by atoms with Crippen LogP contribution < -0.4 is 10.6 Å². The van der Waals surface area contributed by atoms with Gasteiger partial charge in [0.05, 0.1) is 13.2 Å². The lowest BCUT2D eigenvalue weighted by Crippen LogP contribution is -2.51. The smallest absolute Gasteiger partial charge is 0.253 e. The van der Waals surface area contributed by atoms with Crippen molar-refractivity contribution in [3.05, 3.63) is 35.4 Å². The van der Waals surface area contributed by atoms with E-state index in [9.17, 15) is 9.59 Å². The second kappa shape index (κ2) is 8.64. The quantitative estimate of drug-likeness (QED) is 0.813. The summed E-state index contributed by atoms with van der Waals surface area (Å²) >= 11 is 0. The second-order valence-electron chi connectivity index (χ2n) is 5.47.